The Morgan fingerprint density at radius 2 is 1.79 bits per heavy atom. The Morgan fingerprint density at radius 3 is 2.38 bits per heavy atom. The number of hydrogen-bond acceptors (Lipinski definition) is 5. The molecule has 2 heterocycles. The monoisotopic (exact) mass is 337 g/mol. The molecule has 0 unspecified atom stereocenters. The van der Waals surface area contributed by atoms with Crippen molar-refractivity contribution >= 4 is 11.2 Å². The van der Waals surface area contributed by atoms with E-state index in [9.17, 15) is 14.7 Å². The summed E-state index contributed by atoms with van der Waals surface area (Å²) in [6, 6.07) is 0. The van der Waals surface area contributed by atoms with Gasteiger partial charge in [-0.15, -0.1) is 0 Å². The van der Waals surface area contributed by atoms with E-state index in [1.807, 2.05) is 0 Å². The smallest absolute Gasteiger partial charge is 0.332 e. The van der Waals surface area contributed by atoms with Crippen LogP contribution in [0.15, 0.2) is 15.9 Å². The third kappa shape index (κ3) is 3.59. The molecule has 1 atom stereocenters. The number of fused-ring (bicyclic) bond motifs is 1. The van der Waals surface area contributed by atoms with Crippen LogP contribution in [0.1, 0.15) is 26.7 Å². The number of aliphatic hydroxyl groups is 1. The molecule has 0 bridgehead atoms. The van der Waals surface area contributed by atoms with Crippen molar-refractivity contribution in [1.82, 2.24) is 23.6 Å². The van der Waals surface area contributed by atoms with Crippen LogP contribution in [-0.2, 0) is 20.6 Å². The Bertz CT molecular complexity index is 798. The Hall–Kier alpha value is -1.93. The molecule has 0 saturated carbocycles. The minimum Gasteiger partial charge on any atom is -0.390 e. The lowest BCUT2D eigenvalue weighted by Gasteiger charge is -2.24. The number of aliphatic hydroxyl groups excluding tert-OH is 1. The second-order valence-corrected chi connectivity index (χ2v) is 6.23. The Kier molecular flexibility index (Phi) is 5.95. The van der Waals surface area contributed by atoms with E-state index in [1.165, 1.54) is 17.9 Å². The van der Waals surface area contributed by atoms with Gasteiger partial charge in [0.2, 0.25) is 0 Å². The highest BCUT2D eigenvalue weighted by Gasteiger charge is 2.17. The van der Waals surface area contributed by atoms with Crippen LogP contribution in [0.5, 0.6) is 0 Å². The van der Waals surface area contributed by atoms with E-state index < -0.39 is 17.4 Å². The van der Waals surface area contributed by atoms with E-state index in [0.717, 1.165) is 30.5 Å². The summed E-state index contributed by atoms with van der Waals surface area (Å²) in [4.78, 5) is 30.7. The summed E-state index contributed by atoms with van der Waals surface area (Å²) in [5, 5.41) is 10.4. The van der Waals surface area contributed by atoms with Gasteiger partial charge in [-0.3, -0.25) is 13.9 Å². The quantitative estimate of drug-likeness (QED) is 0.728. The van der Waals surface area contributed by atoms with Gasteiger partial charge in [0.15, 0.2) is 11.2 Å². The first-order chi connectivity index (χ1) is 11.4. The van der Waals surface area contributed by atoms with Gasteiger partial charge in [0.1, 0.15) is 0 Å². The summed E-state index contributed by atoms with van der Waals surface area (Å²) >= 11 is 0. The minimum absolute atomic E-state index is 0.272. The van der Waals surface area contributed by atoms with E-state index >= 15 is 0 Å². The van der Waals surface area contributed by atoms with Crippen LogP contribution in [0.2, 0.25) is 0 Å². The predicted molar refractivity (Wildman–Crippen MR) is 93.2 cm³/mol. The van der Waals surface area contributed by atoms with Gasteiger partial charge in [0, 0.05) is 20.6 Å². The molecule has 0 aliphatic carbocycles. The fourth-order valence-corrected chi connectivity index (χ4v) is 3.05. The standard InChI is InChI=1S/C16H27N5O3/c1-5-7-20(8-6-2)9-12(22)10-21-11-17-14-13(21)15(23)19(4)16(24)18(14)3/h11-12,22H,5-10H2,1-4H3/t12-/m1/s1. The van der Waals surface area contributed by atoms with Crippen LogP contribution < -0.4 is 11.2 Å². The largest absolute Gasteiger partial charge is 0.390 e. The second-order valence-electron chi connectivity index (χ2n) is 6.23. The predicted octanol–water partition coefficient (Wildman–Crippen LogP) is -0.0834. The Balaban J connectivity index is 2.27. The van der Waals surface area contributed by atoms with Crippen molar-refractivity contribution in [2.45, 2.75) is 39.3 Å². The van der Waals surface area contributed by atoms with Crippen LogP contribution in [0.4, 0.5) is 0 Å². The van der Waals surface area contributed by atoms with Crippen LogP contribution in [-0.4, -0.2) is 54.4 Å². The highest BCUT2D eigenvalue weighted by atomic mass is 16.3. The van der Waals surface area contributed by atoms with Crippen molar-refractivity contribution in [3.05, 3.63) is 27.2 Å². The van der Waals surface area contributed by atoms with Gasteiger partial charge in [-0.1, -0.05) is 13.8 Å². The van der Waals surface area contributed by atoms with Crippen LogP contribution in [0, 0.1) is 0 Å². The topological polar surface area (TPSA) is 85.3 Å². The Morgan fingerprint density at radius 1 is 1.17 bits per heavy atom. The van der Waals surface area contributed by atoms with Crippen LogP contribution in [0.25, 0.3) is 11.2 Å². The number of nitrogens with zero attached hydrogens (tertiary/aromatic N) is 5. The Labute approximate surface area is 141 Å². The van der Waals surface area contributed by atoms with Crippen molar-refractivity contribution in [1.29, 1.82) is 0 Å². The molecule has 24 heavy (non-hydrogen) atoms. The van der Waals surface area contributed by atoms with Crippen molar-refractivity contribution in [3.63, 3.8) is 0 Å². The van der Waals surface area contributed by atoms with Crippen molar-refractivity contribution in [3.8, 4) is 0 Å². The summed E-state index contributed by atoms with van der Waals surface area (Å²) in [6.07, 6.45) is 2.97. The summed E-state index contributed by atoms with van der Waals surface area (Å²) in [5.74, 6) is 0. The van der Waals surface area contributed by atoms with Crippen molar-refractivity contribution < 1.29 is 5.11 Å². The molecular formula is C16H27N5O3. The third-order valence-corrected chi connectivity index (χ3v) is 4.17. The summed E-state index contributed by atoms with van der Waals surface area (Å²) < 4.78 is 4.05. The molecule has 1 N–H and O–H groups in total. The van der Waals surface area contributed by atoms with Gasteiger partial charge < -0.3 is 14.6 Å². The van der Waals surface area contributed by atoms with Gasteiger partial charge in [0.05, 0.1) is 19.0 Å². The van der Waals surface area contributed by atoms with Crippen molar-refractivity contribution in [2.24, 2.45) is 14.1 Å². The molecule has 0 aliphatic rings. The molecule has 134 valence electrons. The molecule has 2 rings (SSSR count). The van der Waals surface area contributed by atoms with E-state index in [0.29, 0.717) is 17.7 Å². The fraction of sp³-hybridized carbons (Fsp3) is 0.688. The highest BCUT2D eigenvalue weighted by Crippen LogP contribution is 2.07. The van der Waals surface area contributed by atoms with Gasteiger partial charge >= 0.3 is 5.69 Å². The van der Waals surface area contributed by atoms with Crippen LogP contribution >= 0.6 is 0 Å². The molecule has 0 aliphatic heterocycles. The van der Waals surface area contributed by atoms with E-state index in [4.69, 9.17) is 0 Å². The maximum atomic E-state index is 12.4. The zero-order chi connectivity index (χ0) is 17.9. The molecule has 0 amide bonds. The van der Waals surface area contributed by atoms with E-state index in [2.05, 4.69) is 23.7 Å². The lowest BCUT2D eigenvalue weighted by Crippen LogP contribution is -2.39. The lowest BCUT2D eigenvalue weighted by molar-refractivity contribution is 0.0986. The van der Waals surface area contributed by atoms with Gasteiger partial charge in [-0.05, 0) is 25.9 Å². The summed E-state index contributed by atoms with van der Waals surface area (Å²) in [6.45, 7) is 6.92. The molecule has 0 spiro atoms. The SMILES string of the molecule is CCCN(CCC)C[C@@H](O)Cn1cnc2c1c(=O)n(C)c(=O)n2C. The third-order valence-electron chi connectivity index (χ3n) is 4.17. The maximum Gasteiger partial charge on any atom is 0.332 e. The molecule has 0 fully saturated rings. The van der Waals surface area contributed by atoms with Gasteiger partial charge in [0.25, 0.3) is 5.56 Å². The molecule has 0 aromatic carbocycles. The molecule has 0 radical (unpaired) electrons. The first-order valence-corrected chi connectivity index (χ1v) is 8.41. The highest BCUT2D eigenvalue weighted by molar-refractivity contribution is 5.69. The van der Waals surface area contributed by atoms with Crippen molar-refractivity contribution in [2.75, 3.05) is 19.6 Å². The zero-order valence-corrected chi connectivity index (χ0v) is 14.9. The minimum atomic E-state index is -0.609. The summed E-state index contributed by atoms with van der Waals surface area (Å²) in [5.41, 5.74) is -0.113. The number of aromatic nitrogens is 4. The fourth-order valence-electron chi connectivity index (χ4n) is 3.05. The number of aryl methyl sites for hydroxylation is 1. The molecule has 0 saturated heterocycles. The molecule has 2 aromatic heterocycles. The maximum absolute atomic E-state index is 12.4. The molecule has 2 aromatic rings. The normalized spacial score (nSPS) is 13.1. The second kappa shape index (κ2) is 7.76. The zero-order valence-electron chi connectivity index (χ0n) is 14.9. The van der Waals surface area contributed by atoms with E-state index in [1.54, 1.807) is 11.6 Å². The van der Waals surface area contributed by atoms with Gasteiger partial charge in [-0.2, -0.15) is 0 Å². The molecular weight excluding hydrogens is 310 g/mol. The summed E-state index contributed by atoms with van der Waals surface area (Å²) in [7, 11) is 3.03. The average Bonchev–Trinajstić information content (AvgIpc) is 2.95. The molecule has 8 heteroatoms. The first kappa shape index (κ1) is 18.4. The number of rotatable bonds is 8. The number of imidazole rings is 1. The molecule has 8 nitrogen and oxygen atoms in total. The van der Waals surface area contributed by atoms with Crippen LogP contribution in [0.3, 0.4) is 0 Å². The average molecular weight is 337 g/mol. The lowest BCUT2D eigenvalue weighted by atomic mass is 10.2. The number of hydrogen-bond donors (Lipinski definition) is 1. The van der Waals surface area contributed by atoms with Gasteiger partial charge in [-0.25, -0.2) is 9.78 Å². The first-order valence-electron chi connectivity index (χ1n) is 8.41. The van der Waals surface area contributed by atoms with E-state index in [-0.39, 0.29) is 6.54 Å².